The van der Waals surface area contributed by atoms with Gasteiger partial charge >= 0.3 is 0 Å². The minimum atomic E-state index is -3.03. The molecule has 0 spiro atoms. The molecule has 0 saturated carbocycles. The lowest BCUT2D eigenvalue weighted by Crippen LogP contribution is -2.34. The highest BCUT2D eigenvalue weighted by molar-refractivity contribution is 7.90. The Bertz CT molecular complexity index is 576. The van der Waals surface area contributed by atoms with E-state index in [9.17, 15) is 13.2 Å². The molecule has 0 aliphatic carbocycles. The van der Waals surface area contributed by atoms with Crippen LogP contribution in [0.4, 0.5) is 0 Å². The first-order valence-electron chi connectivity index (χ1n) is 5.63. The van der Waals surface area contributed by atoms with Gasteiger partial charge in [-0.25, -0.2) is 8.42 Å². The number of rotatable bonds is 5. The molecule has 0 saturated heterocycles. The van der Waals surface area contributed by atoms with Crippen molar-refractivity contribution < 1.29 is 13.2 Å². The van der Waals surface area contributed by atoms with Crippen LogP contribution in [-0.4, -0.2) is 32.4 Å². The third-order valence-corrected chi connectivity index (χ3v) is 4.29. The molecule has 0 heterocycles. The van der Waals surface area contributed by atoms with Crippen LogP contribution in [0.5, 0.6) is 0 Å². The fraction of sp³-hybridized carbons (Fsp3) is 0.417. The summed E-state index contributed by atoms with van der Waals surface area (Å²) in [4.78, 5) is 11.9. The van der Waals surface area contributed by atoms with Crippen molar-refractivity contribution >= 4 is 52.4 Å². The van der Waals surface area contributed by atoms with Crippen LogP contribution in [-0.2, 0) is 9.84 Å². The minimum Gasteiger partial charge on any atom is -0.350 e. The maximum atomic E-state index is 11.9. The highest BCUT2D eigenvalue weighted by Crippen LogP contribution is 2.25. The summed E-state index contributed by atoms with van der Waals surface area (Å²) in [6.45, 7) is 1.74. The maximum Gasteiger partial charge on any atom is 0.253 e. The lowest BCUT2D eigenvalue weighted by molar-refractivity contribution is 0.0939. The quantitative estimate of drug-likeness (QED) is 0.880. The average Bonchev–Trinajstić information content (AvgIpc) is 2.29. The molecule has 1 aromatic carbocycles. The summed E-state index contributed by atoms with van der Waals surface area (Å²) in [6, 6.07) is 4.52. The second kappa shape index (κ2) is 8.12. The van der Waals surface area contributed by atoms with Crippen molar-refractivity contribution in [1.82, 2.24) is 5.32 Å². The van der Waals surface area contributed by atoms with Crippen molar-refractivity contribution in [3.8, 4) is 0 Å². The van der Waals surface area contributed by atoms with Gasteiger partial charge in [0.25, 0.3) is 5.91 Å². The monoisotopic (exact) mass is 357 g/mol. The Balaban J connectivity index is 0.00000361. The molecule has 20 heavy (non-hydrogen) atoms. The van der Waals surface area contributed by atoms with E-state index < -0.39 is 9.84 Å². The lowest BCUT2D eigenvalue weighted by Gasteiger charge is -2.14. The molecule has 1 amide bonds. The van der Waals surface area contributed by atoms with Gasteiger partial charge in [-0.1, -0.05) is 29.3 Å². The molecular formula is C12H17Cl2NO3S2. The van der Waals surface area contributed by atoms with E-state index in [0.29, 0.717) is 11.4 Å². The smallest absolute Gasteiger partial charge is 0.253 e. The predicted octanol–water partition coefficient (Wildman–Crippen LogP) is 2.66. The Morgan fingerprint density at radius 3 is 2.50 bits per heavy atom. The summed E-state index contributed by atoms with van der Waals surface area (Å²) >= 11 is 11.8. The molecule has 0 aromatic heterocycles. The van der Waals surface area contributed by atoms with Gasteiger partial charge in [0.15, 0.2) is 0 Å². The second-order valence-corrected chi connectivity index (χ2v) is 7.44. The Kier molecular flexibility index (Phi) is 7.95. The minimum absolute atomic E-state index is 0. The van der Waals surface area contributed by atoms with E-state index in [2.05, 4.69) is 5.32 Å². The van der Waals surface area contributed by atoms with Crippen LogP contribution in [0, 0.1) is 0 Å². The third-order valence-electron chi connectivity index (χ3n) is 2.50. The molecule has 0 bridgehead atoms. The topological polar surface area (TPSA) is 63.2 Å². The Labute approximate surface area is 136 Å². The van der Waals surface area contributed by atoms with E-state index in [1.54, 1.807) is 25.1 Å². The summed E-state index contributed by atoms with van der Waals surface area (Å²) in [5, 5.41) is 3.19. The SMILES string of the molecule is C[C@@H](CCS(C)(=O)=O)NC(=O)c1cccc(Cl)c1Cl.S. The van der Waals surface area contributed by atoms with E-state index in [1.165, 1.54) is 0 Å². The van der Waals surface area contributed by atoms with Crippen LogP contribution >= 0.6 is 36.7 Å². The molecule has 1 rings (SSSR count). The van der Waals surface area contributed by atoms with Gasteiger partial charge in [-0.15, -0.1) is 0 Å². The molecular weight excluding hydrogens is 341 g/mol. The zero-order valence-corrected chi connectivity index (χ0v) is 14.4. The number of amides is 1. The number of halogens is 2. The van der Waals surface area contributed by atoms with Crippen molar-refractivity contribution in [2.45, 2.75) is 19.4 Å². The molecule has 114 valence electrons. The molecule has 0 unspecified atom stereocenters. The van der Waals surface area contributed by atoms with Crippen LogP contribution in [0.1, 0.15) is 23.7 Å². The highest BCUT2D eigenvalue weighted by Gasteiger charge is 2.15. The summed E-state index contributed by atoms with van der Waals surface area (Å²) < 4.78 is 22.1. The fourth-order valence-electron chi connectivity index (χ4n) is 1.44. The van der Waals surface area contributed by atoms with Crippen molar-refractivity contribution in [2.75, 3.05) is 12.0 Å². The molecule has 0 fully saturated rings. The summed E-state index contributed by atoms with van der Waals surface area (Å²) in [7, 11) is -3.03. The van der Waals surface area contributed by atoms with Crippen LogP contribution in [0.15, 0.2) is 18.2 Å². The third kappa shape index (κ3) is 6.35. The highest BCUT2D eigenvalue weighted by atomic mass is 35.5. The fourth-order valence-corrected chi connectivity index (χ4v) is 2.61. The van der Waals surface area contributed by atoms with Crippen molar-refractivity contribution in [3.63, 3.8) is 0 Å². The van der Waals surface area contributed by atoms with Crippen LogP contribution in [0.25, 0.3) is 0 Å². The summed E-state index contributed by atoms with van der Waals surface area (Å²) in [5.41, 5.74) is 0.278. The van der Waals surface area contributed by atoms with Crippen molar-refractivity contribution in [1.29, 1.82) is 0 Å². The second-order valence-electron chi connectivity index (χ2n) is 4.39. The number of hydrogen-bond acceptors (Lipinski definition) is 3. The maximum absolute atomic E-state index is 11.9. The Morgan fingerprint density at radius 2 is 1.95 bits per heavy atom. The average molecular weight is 358 g/mol. The molecule has 0 aliphatic rings. The first-order valence-corrected chi connectivity index (χ1v) is 8.45. The molecule has 1 aromatic rings. The molecule has 4 nitrogen and oxygen atoms in total. The van der Waals surface area contributed by atoms with Gasteiger partial charge in [0.1, 0.15) is 9.84 Å². The van der Waals surface area contributed by atoms with E-state index in [0.717, 1.165) is 6.26 Å². The summed E-state index contributed by atoms with van der Waals surface area (Å²) in [6.07, 6.45) is 1.51. The van der Waals surface area contributed by atoms with Crippen molar-refractivity contribution in [2.24, 2.45) is 0 Å². The summed E-state index contributed by atoms with van der Waals surface area (Å²) in [5.74, 6) is -0.342. The van der Waals surface area contributed by atoms with Gasteiger partial charge < -0.3 is 5.32 Å². The standard InChI is InChI=1S/C12H15Cl2NO3S.H2S/c1-8(6-7-19(2,17)18)15-12(16)9-4-3-5-10(13)11(9)14;/h3-5,8H,6-7H2,1-2H3,(H,15,16);1H2/t8-;/m0./s1. The number of carbonyl (C=O) groups excluding carboxylic acids is 1. The first-order chi connectivity index (χ1) is 8.70. The van der Waals surface area contributed by atoms with Gasteiger partial charge in [-0.3, -0.25) is 4.79 Å². The van der Waals surface area contributed by atoms with Gasteiger partial charge in [-0.05, 0) is 25.5 Å². The number of carbonyl (C=O) groups is 1. The number of hydrogen-bond donors (Lipinski definition) is 1. The largest absolute Gasteiger partial charge is 0.350 e. The Hall–Kier alpha value is -0.430. The molecule has 0 radical (unpaired) electrons. The molecule has 0 aliphatic heterocycles. The van der Waals surface area contributed by atoms with E-state index in [4.69, 9.17) is 23.2 Å². The zero-order valence-electron chi connectivity index (χ0n) is 11.1. The molecule has 1 atom stereocenters. The lowest BCUT2D eigenvalue weighted by atomic mass is 10.2. The van der Waals surface area contributed by atoms with Gasteiger partial charge in [0.2, 0.25) is 0 Å². The van der Waals surface area contributed by atoms with Crippen molar-refractivity contribution in [3.05, 3.63) is 33.8 Å². The van der Waals surface area contributed by atoms with Crippen LogP contribution in [0.3, 0.4) is 0 Å². The predicted molar refractivity (Wildman–Crippen MR) is 88.1 cm³/mol. The molecule has 8 heteroatoms. The number of sulfone groups is 1. The number of benzene rings is 1. The molecule has 1 N–H and O–H groups in total. The van der Waals surface area contributed by atoms with Gasteiger partial charge in [-0.2, -0.15) is 13.5 Å². The number of nitrogens with one attached hydrogen (secondary N) is 1. The van der Waals surface area contributed by atoms with Crippen LogP contribution < -0.4 is 5.32 Å². The first kappa shape index (κ1) is 19.6. The van der Waals surface area contributed by atoms with Gasteiger partial charge in [0.05, 0.1) is 21.4 Å². The van der Waals surface area contributed by atoms with Gasteiger partial charge in [0, 0.05) is 12.3 Å². The van der Waals surface area contributed by atoms with E-state index in [-0.39, 0.29) is 41.8 Å². The van der Waals surface area contributed by atoms with E-state index in [1.807, 2.05) is 0 Å². The normalized spacial score (nSPS) is 12.4. The Morgan fingerprint density at radius 1 is 1.35 bits per heavy atom. The zero-order chi connectivity index (χ0) is 14.6. The van der Waals surface area contributed by atoms with Crippen LogP contribution in [0.2, 0.25) is 10.0 Å². The van der Waals surface area contributed by atoms with E-state index >= 15 is 0 Å².